The van der Waals surface area contributed by atoms with Gasteiger partial charge in [-0.05, 0) is 53.8 Å². The van der Waals surface area contributed by atoms with Crippen molar-refractivity contribution in [1.29, 1.82) is 0 Å². The Morgan fingerprint density at radius 1 is 1.17 bits per heavy atom. The Morgan fingerprint density at radius 2 is 1.97 bits per heavy atom. The van der Waals surface area contributed by atoms with Crippen LogP contribution in [0.25, 0.3) is 10.8 Å². The summed E-state index contributed by atoms with van der Waals surface area (Å²) in [5.41, 5.74) is 4.56. The summed E-state index contributed by atoms with van der Waals surface area (Å²) in [6, 6.07) is 21.8. The van der Waals surface area contributed by atoms with Gasteiger partial charge in [0, 0.05) is 30.9 Å². The van der Waals surface area contributed by atoms with Gasteiger partial charge in [-0.2, -0.15) is 0 Å². The first-order valence-electron chi connectivity index (χ1n) is 10.3. The lowest BCUT2D eigenvalue weighted by molar-refractivity contribution is -0.136. The molecule has 2 atom stereocenters. The molecule has 0 aliphatic carbocycles. The van der Waals surface area contributed by atoms with Gasteiger partial charge in [0.2, 0.25) is 0 Å². The molecule has 4 heteroatoms. The number of hydrogen-bond donors (Lipinski definition) is 2. The van der Waals surface area contributed by atoms with Crippen LogP contribution in [0.4, 0.5) is 5.69 Å². The molecule has 3 aromatic carbocycles. The smallest absolute Gasteiger partial charge is 0.307 e. The van der Waals surface area contributed by atoms with Crippen molar-refractivity contribution in [2.45, 2.75) is 38.8 Å². The van der Waals surface area contributed by atoms with Gasteiger partial charge in [-0.1, -0.05) is 54.6 Å². The van der Waals surface area contributed by atoms with E-state index in [0.717, 1.165) is 30.6 Å². The number of fused-ring (bicyclic) bond motifs is 1. The summed E-state index contributed by atoms with van der Waals surface area (Å²) in [7, 11) is 0. The molecule has 1 saturated heterocycles. The van der Waals surface area contributed by atoms with E-state index in [4.69, 9.17) is 5.11 Å². The van der Waals surface area contributed by atoms with Crippen LogP contribution >= 0.6 is 0 Å². The molecule has 1 fully saturated rings. The molecule has 0 radical (unpaired) electrons. The summed E-state index contributed by atoms with van der Waals surface area (Å²) >= 11 is 0. The van der Waals surface area contributed by atoms with E-state index in [0.29, 0.717) is 6.04 Å². The van der Waals surface area contributed by atoms with Crippen LogP contribution < -0.4 is 10.2 Å². The first kappa shape index (κ1) is 19.5. The van der Waals surface area contributed by atoms with Crippen molar-refractivity contribution >= 4 is 22.4 Å². The lowest BCUT2D eigenvalue weighted by Gasteiger charge is -2.24. The van der Waals surface area contributed by atoms with E-state index in [1.54, 1.807) is 0 Å². The number of aliphatic carboxylic acids is 1. The SMILES string of the molecule is Cc1cc(CC(=O)O)ccc1N1CC[C@H](N[C@H](C)c2cccc3ccccc23)C1. The fourth-order valence-electron chi connectivity index (χ4n) is 4.54. The fraction of sp³-hybridized carbons (Fsp3) is 0.320. The average Bonchev–Trinajstić information content (AvgIpc) is 3.15. The molecule has 2 N–H and O–H groups in total. The van der Waals surface area contributed by atoms with E-state index in [9.17, 15) is 4.79 Å². The first-order chi connectivity index (χ1) is 14.0. The average molecular weight is 389 g/mol. The van der Waals surface area contributed by atoms with E-state index in [1.807, 2.05) is 12.1 Å². The summed E-state index contributed by atoms with van der Waals surface area (Å²) in [6.45, 7) is 6.30. The molecule has 0 aromatic heterocycles. The molecule has 0 saturated carbocycles. The number of hydrogen-bond acceptors (Lipinski definition) is 3. The molecule has 150 valence electrons. The van der Waals surface area contributed by atoms with Gasteiger partial charge in [-0.25, -0.2) is 0 Å². The zero-order chi connectivity index (χ0) is 20.4. The van der Waals surface area contributed by atoms with Crippen molar-refractivity contribution in [3.63, 3.8) is 0 Å². The Hall–Kier alpha value is -2.85. The van der Waals surface area contributed by atoms with Crippen LogP contribution in [0.15, 0.2) is 60.7 Å². The Labute approximate surface area is 172 Å². The van der Waals surface area contributed by atoms with Gasteiger partial charge in [-0.15, -0.1) is 0 Å². The third-order valence-corrected chi connectivity index (χ3v) is 5.92. The molecule has 0 spiro atoms. The Kier molecular flexibility index (Phi) is 5.54. The van der Waals surface area contributed by atoms with Gasteiger partial charge in [-0.3, -0.25) is 4.79 Å². The zero-order valence-electron chi connectivity index (χ0n) is 17.1. The maximum Gasteiger partial charge on any atom is 0.307 e. The zero-order valence-corrected chi connectivity index (χ0v) is 17.1. The van der Waals surface area contributed by atoms with Crippen molar-refractivity contribution < 1.29 is 9.90 Å². The van der Waals surface area contributed by atoms with Crippen molar-refractivity contribution in [3.05, 3.63) is 77.4 Å². The van der Waals surface area contributed by atoms with Gasteiger partial charge in [0.25, 0.3) is 0 Å². The Bertz CT molecular complexity index is 1030. The van der Waals surface area contributed by atoms with Crippen LogP contribution in [-0.4, -0.2) is 30.2 Å². The molecule has 4 nitrogen and oxygen atoms in total. The van der Waals surface area contributed by atoms with E-state index in [1.165, 1.54) is 22.0 Å². The van der Waals surface area contributed by atoms with Crippen LogP contribution in [-0.2, 0) is 11.2 Å². The minimum absolute atomic E-state index is 0.0772. The highest BCUT2D eigenvalue weighted by Gasteiger charge is 2.25. The van der Waals surface area contributed by atoms with E-state index >= 15 is 0 Å². The number of rotatable bonds is 6. The molecule has 1 heterocycles. The van der Waals surface area contributed by atoms with Crippen molar-refractivity contribution in [2.24, 2.45) is 0 Å². The molecule has 0 bridgehead atoms. The maximum atomic E-state index is 10.9. The molecule has 0 unspecified atom stereocenters. The van der Waals surface area contributed by atoms with Crippen LogP contribution in [0.2, 0.25) is 0 Å². The minimum atomic E-state index is -0.787. The number of carboxylic acid groups (broad SMARTS) is 1. The van der Waals surface area contributed by atoms with E-state index in [-0.39, 0.29) is 12.5 Å². The third kappa shape index (κ3) is 4.28. The van der Waals surface area contributed by atoms with E-state index < -0.39 is 5.97 Å². The van der Waals surface area contributed by atoms with Gasteiger partial charge < -0.3 is 15.3 Å². The van der Waals surface area contributed by atoms with Crippen LogP contribution in [0.5, 0.6) is 0 Å². The second-order valence-electron chi connectivity index (χ2n) is 8.08. The van der Waals surface area contributed by atoms with Gasteiger partial charge in [0.15, 0.2) is 0 Å². The number of nitrogens with one attached hydrogen (secondary N) is 1. The van der Waals surface area contributed by atoms with Crippen LogP contribution in [0.3, 0.4) is 0 Å². The molecule has 4 rings (SSSR count). The Morgan fingerprint density at radius 3 is 2.76 bits per heavy atom. The van der Waals surface area contributed by atoms with Crippen LogP contribution in [0, 0.1) is 6.92 Å². The highest BCUT2D eigenvalue weighted by molar-refractivity contribution is 5.86. The summed E-state index contributed by atoms with van der Waals surface area (Å²) in [5, 5.41) is 15.4. The molecule has 1 aliphatic rings. The standard InChI is InChI=1S/C25H28N2O2/c1-17-14-19(15-25(28)29)10-11-24(17)27-13-12-21(16-27)26-18(2)22-9-5-7-20-6-3-4-8-23(20)22/h3-11,14,18,21,26H,12-13,15-16H2,1-2H3,(H,28,29)/t18-,21+/m1/s1. The highest BCUT2D eigenvalue weighted by Crippen LogP contribution is 2.28. The number of carboxylic acids is 1. The lowest BCUT2D eigenvalue weighted by atomic mass is 9.99. The fourth-order valence-corrected chi connectivity index (χ4v) is 4.54. The predicted molar refractivity (Wildman–Crippen MR) is 119 cm³/mol. The summed E-state index contributed by atoms with van der Waals surface area (Å²) in [6.07, 6.45) is 1.18. The first-order valence-corrected chi connectivity index (χ1v) is 10.3. The molecular weight excluding hydrogens is 360 g/mol. The quantitative estimate of drug-likeness (QED) is 0.642. The number of aryl methyl sites for hydroxylation is 1. The molecular formula is C25H28N2O2. The largest absolute Gasteiger partial charge is 0.481 e. The van der Waals surface area contributed by atoms with Crippen LogP contribution in [0.1, 0.15) is 36.1 Å². The number of carbonyl (C=O) groups is 1. The molecule has 29 heavy (non-hydrogen) atoms. The van der Waals surface area contributed by atoms with Crippen molar-refractivity contribution in [2.75, 3.05) is 18.0 Å². The molecule has 1 aliphatic heterocycles. The molecule has 0 amide bonds. The number of benzene rings is 3. The summed E-state index contributed by atoms with van der Waals surface area (Å²) in [5.74, 6) is -0.787. The summed E-state index contributed by atoms with van der Waals surface area (Å²) in [4.78, 5) is 13.4. The maximum absolute atomic E-state index is 10.9. The van der Waals surface area contributed by atoms with E-state index in [2.05, 4.69) is 72.6 Å². The number of anilines is 1. The normalized spacial score (nSPS) is 17.6. The highest BCUT2D eigenvalue weighted by atomic mass is 16.4. The number of nitrogens with zero attached hydrogens (tertiary/aromatic N) is 1. The summed E-state index contributed by atoms with van der Waals surface area (Å²) < 4.78 is 0. The van der Waals surface area contributed by atoms with Gasteiger partial charge in [0.1, 0.15) is 0 Å². The lowest BCUT2D eigenvalue weighted by Crippen LogP contribution is -2.34. The second-order valence-corrected chi connectivity index (χ2v) is 8.08. The predicted octanol–water partition coefficient (Wildman–Crippen LogP) is 4.70. The molecule has 3 aromatic rings. The van der Waals surface area contributed by atoms with Crippen molar-refractivity contribution in [3.8, 4) is 0 Å². The Balaban J connectivity index is 1.44. The monoisotopic (exact) mass is 388 g/mol. The second kappa shape index (κ2) is 8.26. The van der Waals surface area contributed by atoms with Crippen molar-refractivity contribution in [1.82, 2.24) is 5.32 Å². The van der Waals surface area contributed by atoms with Gasteiger partial charge >= 0.3 is 5.97 Å². The minimum Gasteiger partial charge on any atom is -0.481 e. The van der Waals surface area contributed by atoms with Gasteiger partial charge in [0.05, 0.1) is 6.42 Å². The topological polar surface area (TPSA) is 52.6 Å². The third-order valence-electron chi connectivity index (χ3n) is 5.92.